The highest BCUT2D eigenvalue weighted by molar-refractivity contribution is 6.30. The third kappa shape index (κ3) is 4.74. The smallest absolute Gasteiger partial charge is 0.171 e. The summed E-state index contributed by atoms with van der Waals surface area (Å²) in [6, 6.07) is 9.56. The van der Waals surface area contributed by atoms with Crippen LogP contribution >= 0.6 is 11.6 Å². The SMILES string of the molecule is C=C/C(NCCC)=C(/C(C)=N)C(c1ccc(Cl)cc1)N(C)c1cc(C)c2c(n1)N(C)NN2. The number of benzene rings is 1. The van der Waals surface area contributed by atoms with Crippen LogP contribution in [-0.2, 0) is 0 Å². The number of fused-ring (bicyclic) bond motifs is 1. The average molecular weight is 454 g/mol. The maximum absolute atomic E-state index is 8.65. The molecule has 1 aromatic carbocycles. The van der Waals surface area contributed by atoms with Crippen molar-refractivity contribution in [3.05, 3.63) is 70.4 Å². The van der Waals surface area contributed by atoms with E-state index < -0.39 is 0 Å². The van der Waals surface area contributed by atoms with Crippen molar-refractivity contribution in [1.29, 1.82) is 5.41 Å². The van der Waals surface area contributed by atoms with Gasteiger partial charge in [0.1, 0.15) is 5.82 Å². The first kappa shape index (κ1) is 23.6. The molecule has 0 bridgehead atoms. The third-order valence-electron chi connectivity index (χ3n) is 5.52. The Morgan fingerprint density at radius 3 is 2.66 bits per heavy atom. The summed E-state index contributed by atoms with van der Waals surface area (Å²) in [5, 5.41) is 14.6. The van der Waals surface area contributed by atoms with E-state index >= 15 is 0 Å². The van der Waals surface area contributed by atoms with E-state index in [1.165, 1.54) is 0 Å². The molecule has 1 unspecified atom stereocenters. The fourth-order valence-corrected chi connectivity index (χ4v) is 3.99. The van der Waals surface area contributed by atoms with Crippen molar-refractivity contribution in [2.75, 3.05) is 36.0 Å². The Balaban J connectivity index is 2.19. The lowest BCUT2D eigenvalue weighted by molar-refractivity contribution is 0.731. The van der Waals surface area contributed by atoms with Crippen molar-refractivity contribution >= 4 is 34.6 Å². The zero-order chi connectivity index (χ0) is 23.4. The van der Waals surface area contributed by atoms with Gasteiger partial charge in [-0.3, -0.25) is 10.4 Å². The van der Waals surface area contributed by atoms with Crippen LogP contribution in [0.15, 0.2) is 54.3 Å². The summed E-state index contributed by atoms with van der Waals surface area (Å²) in [4.78, 5) is 7.01. The molecule has 1 aliphatic rings. The lowest BCUT2D eigenvalue weighted by Crippen LogP contribution is -2.33. The molecule has 2 aromatic rings. The van der Waals surface area contributed by atoms with Gasteiger partial charge in [0.2, 0.25) is 0 Å². The molecule has 1 atom stereocenters. The summed E-state index contributed by atoms with van der Waals surface area (Å²) < 4.78 is 0. The number of allylic oxidation sites excluding steroid dienone is 1. The molecule has 0 spiro atoms. The van der Waals surface area contributed by atoms with E-state index in [4.69, 9.17) is 22.0 Å². The van der Waals surface area contributed by atoms with Gasteiger partial charge in [0.15, 0.2) is 5.82 Å². The maximum Gasteiger partial charge on any atom is 0.171 e. The van der Waals surface area contributed by atoms with E-state index in [2.05, 4.69) is 47.7 Å². The molecule has 2 heterocycles. The molecular formula is C24H32ClN7. The van der Waals surface area contributed by atoms with Crippen LogP contribution in [0.1, 0.15) is 37.4 Å². The van der Waals surface area contributed by atoms with Crippen molar-refractivity contribution in [3.8, 4) is 0 Å². The maximum atomic E-state index is 8.65. The van der Waals surface area contributed by atoms with Crippen molar-refractivity contribution in [1.82, 2.24) is 15.8 Å². The van der Waals surface area contributed by atoms with Gasteiger partial charge >= 0.3 is 0 Å². The predicted octanol–water partition coefficient (Wildman–Crippen LogP) is 4.98. The summed E-state index contributed by atoms with van der Waals surface area (Å²) in [6.45, 7) is 10.8. The average Bonchev–Trinajstić information content (AvgIpc) is 3.15. The summed E-state index contributed by atoms with van der Waals surface area (Å²) in [7, 11) is 3.93. The standard InChI is InChI=1S/C24H32ClN7/c1-7-13-27-19(8-2)21(16(4)26)23(17-9-11-18(25)12-10-17)31(5)20-14-15(3)22-24(28-20)32(6)30-29-22/h8-12,14,23,26-27,29-30H,2,7,13H2,1,3-6H3/b21-19+,26-16?. The second-order valence-electron chi connectivity index (χ2n) is 7.94. The number of hydrazine groups is 2. The summed E-state index contributed by atoms with van der Waals surface area (Å²) in [5.74, 6) is 1.63. The van der Waals surface area contributed by atoms with Gasteiger partial charge in [0.05, 0.1) is 11.7 Å². The molecule has 4 N–H and O–H groups in total. The Kier molecular flexibility index (Phi) is 7.43. The molecule has 0 saturated heterocycles. The molecule has 0 saturated carbocycles. The topological polar surface area (TPSA) is 79.3 Å². The van der Waals surface area contributed by atoms with Gasteiger partial charge in [-0.15, -0.1) is 5.53 Å². The van der Waals surface area contributed by atoms with Crippen LogP contribution in [0.25, 0.3) is 0 Å². The Morgan fingerprint density at radius 1 is 1.38 bits per heavy atom. The quantitative estimate of drug-likeness (QED) is 0.316. The number of likely N-dealkylation sites (N-methyl/N-ethyl adjacent to an activating group) is 1. The van der Waals surface area contributed by atoms with Gasteiger partial charge < -0.3 is 15.6 Å². The third-order valence-corrected chi connectivity index (χ3v) is 5.77. The normalized spacial score (nSPS) is 14.2. The molecule has 3 rings (SSSR count). The van der Waals surface area contributed by atoms with E-state index in [9.17, 15) is 0 Å². The number of anilines is 3. The summed E-state index contributed by atoms with van der Waals surface area (Å²) in [5.41, 5.74) is 11.4. The van der Waals surface area contributed by atoms with Gasteiger partial charge in [0.25, 0.3) is 0 Å². The van der Waals surface area contributed by atoms with Crippen molar-refractivity contribution in [3.63, 3.8) is 0 Å². The molecule has 0 amide bonds. The monoisotopic (exact) mass is 453 g/mol. The first-order valence-corrected chi connectivity index (χ1v) is 11.1. The van der Waals surface area contributed by atoms with E-state index in [1.807, 2.05) is 50.3 Å². The minimum atomic E-state index is -0.264. The molecule has 0 radical (unpaired) electrons. The van der Waals surface area contributed by atoms with Crippen molar-refractivity contribution < 1.29 is 0 Å². The lowest BCUT2D eigenvalue weighted by Gasteiger charge is -2.33. The second kappa shape index (κ2) is 10.1. The van der Waals surface area contributed by atoms with Gasteiger partial charge in [-0.1, -0.05) is 37.2 Å². The van der Waals surface area contributed by atoms with E-state index in [0.29, 0.717) is 10.7 Å². The Labute approximate surface area is 195 Å². The predicted molar refractivity (Wildman–Crippen MR) is 136 cm³/mol. The minimum Gasteiger partial charge on any atom is -0.385 e. The highest BCUT2D eigenvalue weighted by atomic mass is 35.5. The zero-order valence-corrected chi connectivity index (χ0v) is 20.1. The molecule has 32 heavy (non-hydrogen) atoms. The van der Waals surface area contributed by atoms with Gasteiger partial charge in [-0.25, -0.2) is 4.98 Å². The number of hydrogen-bond donors (Lipinski definition) is 4. The number of nitrogens with one attached hydrogen (secondary N) is 4. The van der Waals surface area contributed by atoms with Crippen molar-refractivity contribution in [2.24, 2.45) is 0 Å². The van der Waals surface area contributed by atoms with E-state index in [1.54, 1.807) is 6.08 Å². The number of hydrogen-bond acceptors (Lipinski definition) is 7. The second-order valence-corrected chi connectivity index (χ2v) is 8.38. The largest absolute Gasteiger partial charge is 0.385 e. The zero-order valence-electron chi connectivity index (χ0n) is 19.4. The highest BCUT2D eigenvalue weighted by Gasteiger charge is 2.29. The van der Waals surface area contributed by atoms with Crippen LogP contribution in [0.4, 0.5) is 17.3 Å². The van der Waals surface area contributed by atoms with Crippen LogP contribution in [0.2, 0.25) is 5.02 Å². The molecule has 170 valence electrons. The van der Waals surface area contributed by atoms with Crippen LogP contribution in [0, 0.1) is 12.3 Å². The number of nitrogens with zero attached hydrogens (tertiary/aromatic N) is 3. The van der Waals surface area contributed by atoms with Gasteiger partial charge in [-0.2, -0.15) is 0 Å². The molecule has 8 heteroatoms. The van der Waals surface area contributed by atoms with E-state index in [-0.39, 0.29) is 6.04 Å². The minimum absolute atomic E-state index is 0.264. The fraction of sp³-hybridized carbons (Fsp3) is 0.333. The van der Waals surface area contributed by atoms with Crippen LogP contribution in [0.5, 0.6) is 0 Å². The van der Waals surface area contributed by atoms with Crippen LogP contribution in [0.3, 0.4) is 0 Å². The summed E-state index contributed by atoms with van der Waals surface area (Å²) in [6.07, 6.45) is 2.77. The number of aryl methyl sites for hydroxylation is 1. The van der Waals surface area contributed by atoms with Crippen molar-refractivity contribution in [2.45, 2.75) is 33.2 Å². The molecule has 7 nitrogen and oxygen atoms in total. The molecule has 0 aliphatic carbocycles. The van der Waals surface area contributed by atoms with E-state index in [0.717, 1.165) is 52.7 Å². The first-order chi connectivity index (χ1) is 15.3. The highest BCUT2D eigenvalue weighted by Crippen LogP contribution is 2.38. The van der Waals surface area contributed by atoms with Gasteiger partial charge in [-0.05, 0) is 55.7 Å². The Morgan fingerprint density at radius 2 is 2.06 bits per heavy atom. The van der Waals surface area contributed by atoms with Gasteiger partial charge in [0, 0.05) is 42.6 Å². The molecule has 1 aliphatic heterocycles. The molecule has 1 aromatic heterocycles. The Bertz CT molecular complexity index is 1030. The first-order valence-electron chi connectivity index (χ1n) is 10.7. The molecular weight excluding hydrogens is 422 g/mol. The lowest BCUT2D eigenvalue weighted by atomic mass is 9.92. The number of rotatable bonds is 9. The van der Waals surface area contributed by atoms with Crippen LogP contribution in [-0.4, -0.2) is 31.3 Å². The number of halogens is 1. The Hall–Kier alpha value is -3.03. The fourth-order valence-electron chi connectivity index (χ4n) is 3.86. The number of aromatic nitrogens is 1. The van der Waals surface area contributed by atoms with Crippen LogP contribution < -0.4 is 26.2 Å². The summed E-state index contributed by atoms with van der Waals surface area (Å²) >= 11 is 6.19. The number of pyridine rings is 1. The molecule has 0 fully saturated rings.